The fraction of sp³-hybridized carbons (Fsp3) is 0.889. The predicted molar refractivity (Wildman–Crippen MR) is 88.4 cm³/mol. The molecule has 0 N–H and O–H groups in total. The van der Waals surface area contributed by atoms with E-state index in [0.717, 1.165) is 6.42 Å². The van der Waals surface area contributed by atoms with Crippen molar-refractivity contribution in [1.82, 2.24) is 0 Å². The highest BCUT2D eigenvalue weighted by atomic mass is 16.6. The molecule has 0 aliphatic rings. The molecule has 130 valence electrons. The number of carbonyl (C=O) groups is 2. The minimum Gasteiger partial charge on any atom is -0.462 e. The minimum absolute atomic E-state index is 0.201. The lowest BCUT2D eigenvalue weighted by Crippen LogP contribution is -2.45. The van der Waals surface area contributed by atoms with Crippen molar-refractivity contribution >= 4 is 11.9 Å². The third kappa shape index (κ3) is 6.80. The van der Waals surface area contributed by atoms with Gasteiger partial charge in [0, 0.05) is 0 Å². The van der Waals surface area contributed by atoms with Gasteiger partial charge in [0.15, 0.2) is 5.41 Å². The Kier molecular flexibility index (Phi) is 8.72. The molecule has 0 saturated heterocycles. The van der Waals surface area contributed by atoms with Crippen LogP contribution in [-0.4, -0.2) is 24.1 Å². The summed E-state index contributed by atoms with van der Waals surface area (Å²) < 4.78 is 10.8. The summed E-state index contributed by atoms with van der Waals surface area (Å²) in [5.74, 6) is -0.276. The van der Waals surface area contributed by atoms with E-state index in [4.69, 9.17) is 9.47 Å². The van der Waals surface area contributed by atoms with Gasteiger partial charge in [-0.05, 0) is 58.8 Å². The van der Waals surface area contributed by atoms with Gasteiger partial charge in [-0.25, -0.2) is 0 Å². The zero-order valence-electron chi connectivity index (χ0n) is 15.6. The van der Waals surface area contributed by atoms with E-state index in [9.17, 15) is 9.59 Å². The van der Waals surface area contributed by atoms with Crippen molar-refractivity contribution in [2.45, 2.75) is 86.9 Å². The standard InChI is InChI=1S/C18H34O4/c1-12(2)9-10-18(11-13(3)4,16(19)21-14(5)6)17(20)22-15(7)8/h12-15H,9-11H2,1-8H3. The van der Waals surface area contributed by atoms with E-state index < -0.39 is 17.4 Å². The Bertz CT molecular complexity index is 334. The van der Waals surface area contributed by atoms with Crippen LogP contribution >= 0.6 is 0 Å². The quantitative estimate of drug-likeness (QED) is 0.469. The fourth-order valence-corrected chi connectivity index (χ4v) is 2.44. The van der Waals surface area contributed by atoms with Gasteiger partial charge in [0.25, 0.3) is 0 Å². The fourth-order valence-electron chi connectivity index (χ4n) is 2.44. The summed E-state index contributed by atoms with van der Waals surface area (Å²) in [6.45, 7) is 15.4. The Morgan fingerprint density at radius 2 is 1.18 bits per heavy atom. The molecule has 22 heavy (non-hydrogen) atoms. The summed E-state index contributed by atoms with van der Waals surface area (Å²) >= 11 is 0. The van der Waals surface area contributed by atoms with E-state index in [1.165, 1.54) is 0 Å². The van der Waals surface area contributed by atoms with Gasteiger partial charge < -0.3 is 9.47 Å². The summed E-state index contributed by atoms with van der Waals surface area (Å²) in [5, 5.41) is 0. The first-order chi connectivity index (χ1) is 10.0. The summed E-state index contributed by atoms with van der Waals surface area (Å²) in [6.07, 6.45) is 1.22. The lowest BCUT2D eigenvalue weighted by atomic mass is 9.75. The van der Waals surface area contributed by atoms with Crippen LogP contribution in [0.4, 0.5) is 0 Å². The van der Waals surface area contributed by atoms with Crippen LogP contribution in [0.25, 0.3) is 0 Å². The molecule has 0 rings (SSSR count). The number of ether oxygens (including phenoxy) is 2. The van der Waals surface area contributed by atoms with E-state index in [1.54, 1.807) is 27.7 Å². The molecule has 0 aromatic heterocycles. The average Bonchev–Trinajstić information content (AvgIpc) is 2.31. The molecule has 0 radical (unpaired) electrons. The van der Waals surface area contributed by atoms with Crippen LogP contribution in [0.2, 0.25) is 0 Å². The molecule has 0 aliphatic carbocycles. The molecule has 4 heteroatoms. The average molecular weight is 314 g/mol. The Hall–Kier alpha value is -1.06. The van der Waals surface area contributed by atoms with E-state index in [-0.39, 0.29) is 18.1 Å². The highest BCUT2D eigenvalue weighted by molar-refractivity contribution is 6.00. The smallest absolute Gasteiger partial charge is 0.323 e. The minimum atomic E-state index is -1.19. The van der Waals surface area contributed by atoms with Crippen molar-refractivity contribution in [3.05, 3.63) is 0 Å². The van der Waals surface area contributed by atoms with Crippen molar-refractivity contribution < 1.29 is 19.1 Å². The number of esters is 2. The Balaban J connectivity index is 5.57. The Labute approximate surface area is 135 Å². The first kappa shape index (κ1) is 20.9. The van der Waals surface area contributed by atoms with E-state index in [1.807, 2.05) is 13.8 Å². The molecule has 0 amide bonds. The molecule has 0 aliphatic heterocycles. The highest BCUT2D eigenvalue weighted by Crippen LogP contribution is 2.37. The number of hydrogen-bond acceptors (Lipinski definition) is 4. The van der Waals surface area contributed by atoms with E-state index >= 15 is 0 Å². The molecule has 0 unspecified atom stereocenters. The second kappa shape index (κ2) is 9.16. The third-order valence-corrected chi connectivity index (χ3v) is 3.37. The van der Waals surface area contributed by atoms with E-state index in [2.05, 4.69) is 13.8 Å². The molecule has 0 aromatic rings. The summed E-state index contributed by atoms with van der Waals surface area (Å²) in [5.41, 5.74) is -1.19. The lowest BCUT2D eigenvalue weighted by molar-refractivity contribution is -0.179. The van der Waals surface area contributed by atoms with Gasteiger partial charge in [0.1, 0.15) is 0 Å². The lowest BCUT2D eigenvalue weighted by Gasteiger charge is -2.32. The Morgan fingerprint density at radius 1 is 0.773 bits per heavy atom. The van der Waals surface area contributed by atoms with Gasteiger partial charge in [-0.1, -0.05) is 27.7 Å². The van der Waals surface area contributed by atoms with Crippen LogP contribution in [0.5, 0.6) is 0 Å². The maximum Gasteiger partial charge on any atom is 0.323 e. The maximum absolute atomic E-state index is 12.7. The van der Waals surface area contributed by atoms with Crippen LogP contribution in [0.1, 0.15) is 74.7 Å². The first-order valence-electron chi connectivity index (χ1n) is 8.43. The largest absolute Gasteiger partial charge is 0.462 e. The summed E-state index contributed by atoms with van der Waals surface area (Å²) in [6, 6.07) is 0. The molecule has 0 fully saturated rings. The molecule has 0 atom stereocenters. The Morgan fingerprint density at radius 3 is 1.45 bits per heavy atom. The molecular formula is C18H34O4. The third-order valence-electron chi connectivity index (χ3n) is 3.37. The highest BCUT2D eigenvalue weighted by Gasteiger charge is 2.49. The predicted octanol–water partition coefficient (Wildman–Crippen LogP) is 4.36. The molecule has 4 nitrogen and oxygen atoms in total. The van der Waals surface area contributed by atoms with Crippen molar-refractivity contribution in [1.29, 1.82) is 0 Å². The van der Waals surface area contributed by atoms with Gasteiger partial charge in [0.2, 0.25) is 0 Å². The van der Waals surface area contributed by atoms with Gasteiger partial charge in [-0.3, -0.25) is 9.59 Å². The van der Waals surface area contributed by atoms with Crippen molar-refractivity contribution in [3.63, 3.8) is 0 Å². The molecule has 0 aromatic carbocycles. The van der Waals surface area contributed by atoms with Gasteiger partial charge in [-0.15, -0.1) is 0 Å². The van der Waals surface area contributed by atoms with Crippen LogP contribution in [0.3, 0.4) is 0 Å². The van der Waals surface area contributed by atoms with Crippen molar-refractivity contribution in [3.8, 4) is 0 Å². The second-order valence-corrected chi connectivity index (χ2v) is 7.52. The normalized spacial score (nSPS) is 12.4. The number of rotatable bonds is 9. The first-order valence-corrected chi connectivity index (χ1v) is 8.43. The maximum atomic E-state index is 12.7. The summed E-state index contributed by atoms with van der Waals surface area (Å²) in [4.78, 5) is 25.4. The SMILES string of the molecule is CC(C)CCC(CC(C)C)(C(=O)OC(C)C)C(=O)OC(C)C. The van der Waals surface area contributed by atoms with Crippen molar-refractivity contribution in [2.75, 3.05) is 0 Å². The topological polar surface area (TPSA) is 52.6 Å². The summed E-state index contributed by atoms with van der Waals surface area (Å²) in [7, 11) is 0. The van der Waals surface area contributed by atoms with Crippen LogP contribution in [-0.2, 0) is 19.1 Å². The zero-order valence-corrected chi connectivity index (χ0v) is 15.6. The molecule has 0 bridgehead atoms. The van der Waals surface area contributed by atoms with Crippen LogP contribution < -0.4 is 0 Å². The molecule has 0 heterocycles. The monoisotopic (exact) mass is 314 g/mol. The van der Waals surface area contributed by atoms with Crippen LogP contribution in [0, 0.1) is 17.3 Å². The van der Waals surface area contributed by atoms with Gasteiger partial charge in [-0.2, -0.15) is 0 Å². The van der Waals surface area contributed by atoms with Gasteiger partial charge >= 0.3 is 11.9 Å². The van der Waals surface area contributed by atoms with Crippen LogP contribution in [0.15, 0.2) is 0 Å². The number of hydrogen-bond donors (Lipinski definition) is 0. The van der Waals surface area contributed by atoms with E-state index in [0.29, 0.717) is 18.8 Å². The molecule has 0 spiro atoms. The molecular weight excluding hydrogens is 280 g/mol. The second-order valence-electron chi connectivity index (χ2n) is 7.52. The zero-order chi connectivity index (χ0) is 17.5. The number of carbonyl (C=O) groups excluding carboxylic acids is 2. The molecule has 0 saturated carbocycles. The van der Waals surface area contributed by atoms with Gasteiger partial charge in [0.05, 0.1) is 12.2 Å². The van der Waals surface area contributed by atoms with Crippen molar-refractivity contribution in [2.24, 2.45) is 17.3 Å².